The Kier molecular flexibility index (Phi) is 5.40. The molecule has 0 aliphatic heterocycles. The quantitative estimate of drug-likeness (QED) is 0.751. The highest BCUT2D eigenvalue weighted by atomic mass is 16.5. The fraction of sp³-hybridized carbons (Fsp3) is 0.385. The summed E-state index contributed by atoms with van der Waals surface area (Å²) >= 11 is 0. The molecule has 0 saturated carbocycles. The van der Waals surface area contributed by atoms with Crippen molar-refractivity contribution in [1.82, 2.24) is 0 Å². The molecule has 17 heavy (non-hydrogen) atoms. The Morgan fingerprint density at radius 1 is 1.18 bits per heavy atom. The van der Waals surface area contributed by atoms with E-state index in [1.165, 1.54) is 0 Å². The summed E-state index contributed by atoms with van der Waals surface area (Å²) in [7, 11) is 1.62. The van der Waals surface area contributed by atoms with E-state index in [1.807, 2.05) is 29.2 Å². The molecule has 0 aromatic heterocycles. The SMILES string of the molecule is COc1cccc(N(CCC#N)CCC#N)c1. The lowest BCUT2D eigenvalue weighted by Crippen LogP contribution is -2.25. The van der Waals surface area contributed by atoms with E-state index < -0.39 is 0 Å². The van der Waals surface area contributed by atoms with Gasteiger partial charge in [-0.3, -0.25) is 0 Å². The number of hydrogen-bond acceptors (Lipinski definition) is 4. The van der Waals surface area contributed by atoms with Crippen LogP contribution in [-0.4, -0.2) is 20.2 Å². The molecular weight excluding hydrogens is 214 g/mol. The lowest BCUT2D eigenvalue weighted by atomic mass is 10.2. The van der Waals surface area contributed by atoms with Crippen molar-refractivity contribution in [3.05, 3.63) is 24.3 Å². The van der Waals surface area contributed by atoms with Crippen molar-refractivity contribution in [2.75, 3.05) is 25.1 Å². The highest BCUT2D eigenvalue weighted by Crippen LogP contribution is 2.21. The Morgan fingerprint density at radius 3 is 2.35 bits per heavy atom. The Hall–Kier alpha value is -2.20. The van der Waals surface area contributed by atoms with E-state index >= 15 is 0 Å². The molecule has 4 heteroatoms. The minimum atomic E-state index is 0.447. The minimum Gasteiger partial charge on any atom is -0.497 e. The maximum atomic E-state index is 8.62. The van der Waals surface area contributed by atoms with E-state index in [2.05, 4.69) is 12.1 Å². The zero-order valence-corrected chi connectivity index (χ0v) is 9.89. The van der Waals surface area contributed by atoms with Gasteiger partial charge in [0, 0.05) is 24.8 Å². The van der Waals surface area contributed by atoms with Gasteiger partial charge in [-0.2, -0.15) is 10.5 Å². The topological polar surface area (TPSA) is 60.0 Å². The first-order valence-corrected chi connectivity index (χ1v) is 5.44. The summed E-state index contributed by atoms with van der Waals surface area (Å²) in [6, 6.07) is 11.9. The third-order valence-corrected chi connectivity index (χ3v) is 2.41. The minimum absolute atomic E-state index is 0.447. The zero-order chi connectivity index (χ0) is 12.5. The summed E-state index contributed by atoms with van der Waals surface area (Å²) < 4.78 is 5.16. The second-order valence-corrected chi connectivity index (χ2v) is 3.50. The smallest absolute Gasteiger partial charge is 0.120 e. The van der Waals surface area contributed by atoms with Crippen LogP contribution in [0.5, 0.6) is 5.75 Å². The van der Waals surface area contributed by atoms with Crippen LogP contribution in [0, 0.1) is 22.7 Å². The molecule has 0 fully saturated rings. The van der Waals surface area contributed by atoms with Gasteiger partial charge in [0.15, 0.2) is 0 Å². The molecule has 0 heterocycles. The monoisotopic (exact) mass is 229 g/mol. The maximum absolute atomic E-state index is 8.62. The number of nitrogens with zero attached hydrogens (tertiary/aromatic N) is 3. The molecule has 0 bridgehead atoms. The van der Waals surface area contributed by atoms with Crippen LogP contribution in [0.4, 0.5) is 5.69 Å². The van der Waals surface area contributed by atoms with Gasteiger partial charge in [0.05, 0.1) is 32.1 Å². The van der Waals surface area contributed by atoms with Crippen molar-refractivity contribution < 1.29 is 4.74 Å². The Bertz CT molecular complexity index is 413. The van der Waals surface area contributed by atoms with Gasteiger partial charge in [-0.05, 0) is 12.1 Å². The molecule has 1 aromatic rings. The standard InChI is InChI=1S/C13H15N3O/c1-17-13-6-2-5-12(11-13)16(9-3-7-14)10-4-8-15/h2,5-6,11H,3-4,9-10H2,1H3. The molecule has 4 nitrogen and oxygen atoms in total. The van der Waals surface area contributed by atoms with Gasteiger partial charge in [0.1, 0.15) is 5.75 Å². The molecule has 0 N–H and O–H groups in total. The third kappa shape index (κ3) is 4.04. The fourth-order valence-electron chi connectivity index (χ4n) is 1.55. The van der Waals surface area contributed by atoms with Crippen LogP contribution >= 0.6 is 0 Å². The van der Waals surface area contributed by atoms with E-state index in [0.29, 0.717) is 25.9 Å². The number of anilines is 1. The number of methoxy groups -OCH3 is 1. The van der Waals surface area contributed by atoms with Crippen LogP contribution in [0.2, 0.25) is 0 Å². The molecule has 0 spiro atoms. The average molecular weight is 229 g/mol. The van der Waals surface area contributed by atoms with E-state index in [4.69, 9.17) is 15.3 Å². The van der Waals surface area contributed by atoms with Crippen LogP contribution in [0.15, 0.2) is 24.3 Å². The van der Waals surface area contributed by atoms with Crippen molar-refractivity contribution >= 4 is 5.69 Å². The molecule has 0 aliphatic rings. The number of ether oxygens (including phenoxy) is 1. The van der Waals surface area contributed by atoms with Gasteiger partial charge >= 0.3 is 0 Å². The molecule has 1 rings (SSSR count). The van der Waals surface area contributed by atoms with Gasteiger partial charge < -0.3 is 9.64 Å². The Morgan fingerprint density at radius 2 is 1.82 bits per heavy atom. The van der Waals surface area contributed by atoms with E-state index in [9.17, 15) is 0 Å². The molecule has 0 aliphatic carbocycles. The first-order valence-electron chi connectivity index (χ1n) is 5.44. The van der Waals surface area contributed by atoms with Gasteiger partial charge in [-0.1, -0.05) is 6.07 Å². The number of nitriles is 2. The summed E-state index contributed by atoms with van der Waals surface area (Å²) in [5, 5.41) is 17.2. The number of rotatable bonds is 6. The predicted molar refractivity (Wildman–Crippen MR) is 65.7 cm³/mol. The highest BCUT2D eigenvalue weighted by molar-refractivity contribution is 5.50. The van der Waals surface area contributed by atoms with Crippen LogP contribution in [0.1, 0.15) is 12.8 Å². The van der Waals surface area contributed by atoms with E-state index in [0.717, 1.165) is 11.4 Å². The maximum Gasteiger partial charge on any atom is 0.120 e. The molecule has 0 atom stereocenters. The lowest BCUT2D eigenvalue weighted by Gasteiger charge is -2.23. The largest absolute Gasteiger partial charge is 0.497 e. The van der Waals surface area contributed by atoms with Crippen molar-refractivity contribution in [2.45, 2.75) is 12.8 Å². The van der Waals surface area contributed by atoms with Crippen molar-refractivity contribution in [1.29, 1.82) is 10.5 Å². The van der Waals surface area contributed by atoms with Crippen LogP contribution < -0.4 is 9.64 Å². The first-order chi connectivity index (χ1) is 8.31. The second kappa shape index (κ2) is 7.14. The second-order valence-electron chi connectivity index (χ2n) is 3.50. The molecule has 0 unspecified atom stereocenters. The van der Waals surface area contributed by atoms with Gasteiger partial charge in [0.2, 0.25) is 0 Å². The van der Waals surface area contributed by atoms with Gasteiger partial charge in [0.25, 0.3) is 0 Å². The summed E-state index contributed by atoms with van der Waals surface area (Å²) in [5.74, 6) is 0.779. The van der Waals surface area contributed by atoms with Crippen molar-refractivity contribution in [2.24, 2.45) is 0 Å². The van der Waals surface area contributed by atoms with Gasteiger partial charge in [-0.25, -0.2) is 0 Å². The highest BCUT2D eigenvalue weighted by Gasteiger charge is 2.06. The Balaban J connectivity index is 2.80. The molecule has 0 radical (unpaired) electrons. The molecule has 0 saturated heterocycles. The van der Waals surface area contributed by atoms with E-state index in [-0.39, 0.29) is 0 Å². The van der Waals surface area contributed by atoms with Gasteiger partial charge in [-0.15, -0.1) is 0 Å². The lowest BCUT2D eigenvalue weighted by molar-refractivity contribution is 0.415. The number of hydrogen-bond donors (Lipinski definition) is 0. The fourth-order valence-corrected chi connectivity index (χ4v) is 1.55. The van der Waals surface area contributed by atoms with Crippen molar-refractivity contribution in [3.8, 4) is 17.9 Å². The summed E-state index contributed by atoms with van der Waals surface area (Å²) in [6.07, 6.45) is 0.894. The van der Waals surface area contributed by atoms with E-state index in [1.54, 1.807) is 7.11 Å². The molecule has 1 aromatic carbocycles. The van der Waals surface area contributed by atoms with Crippen LogP contribution in [0.3, 0.4) is 0 Å². The summed E-state index contributed by atoms with van der Waals surface area (Å²) in [4.78, 5) is 2.02. The number of benzene rings is 1. The van der Waals surface area contributed by atoms with Crippen LogP contribution in [0.25, 0.3) is 0 Å². The summed E-state index contributed by atoms with van der Waals surface area (Å²) in [6.45, 7) is 1.26. The Labute approximate surface area is 102 Å². The molecule has 88 valence electrons. The summed E-state index contributed by atoms with van der Waals surface area (Å²) in [5.41, 5.74) is 0.981. The molecular formula is C13H15N3O. The third-order valence-electron chi connectivity index (χ3n) is 2.41. The van der Waals surface area contributed by atoms with Crippen LogP contribution in [-0.2, 0) is 0 Å². The molecule has 0 amide bonds. The normalized spacial score (nSPS) is 9.12. The zero-order valence-electron chi connectivity index (χ0n) is 9.89. The van der Waals surface area contributed by atoms with Crippen molar-refractivity contribution in [3.63, 3.8) is 0 Å². The average Bonchev–Trinajstić information content (AvgIpc) is 2.39. The first kappa shape index (κ1) is 12.9. The predicted octanol–water partition coefficient (Wildman–Crippen LogP) is 2.33.